The summed E-state index contributed by atoms with van der Waals surface area (Å²) in [5, 5.41) is 8.70. The number of benzene rings is 2. The van der Waals surface area contributed by atoms with Gasteiger partial charge in [0, 0.05) is 57.1 Å². The van der Waals surface area contributed by atoms with Gasteiger partial charge in [-0.25, -0.2) is 0 Å². The molecule has 1 amide bonds. The number of aromatic nitrogens is 2. The second-order valence-corrected chi connectivity index (χ2v) is 9.30. The molecule has 2 aromatic carbocycles. The van der Waals surface area contributed by atoms with Gasteiger partial charge < -0.3 is 14.2 Å². The van der Waals surface area contributed by atoms with E-state index in [2.05, 4.69) is 70.3 Å². The van der Waals surface area contributed by atoms with Crippen LogP contribution in [-0.4, -0.2) is 77.5 Å². The third kappa shape index (κ3) is 6.96. The fraction of sp³-hybridized carbons (Fsp3) is 0.370. The summed E-state index contributed by atoms with van der Waals surface area (Å²) in [5.41, 5.74) is 3.26. The first-order valence-corrected chi connectivity index (χ1v) is 13.2. The van der Waals surface area contributed by atoms with Gasteiger partial charge in [-0.2, -0.15) is 0 Å². The lowest BCUT2D eigenvalue weighted by Crippen LogP contribution is -2.49. The fourth-order valence-electron chi connectivity index (χ4n) is 4.08. The van der Waals surface area contributed by atoms with Gasteiger partial charge >= 0.3 is 0 Å². The lowest BCUT2D eigenvalue weighted by molar-refractivity contribution is -0.130. The van der Waals surface area contributed by atoms with E-state index in [-0.39, 0.29) is 5.91 Å². The van der Waals surface area contributed by atoms with E-state index in [0.717, 1.165) is 51.4 Å². The summed E-state index contributed by atoms with van der Waals surface area (Å²) >= 11 is 1.30. The highest BCUT2D eigenvalue weighted by atomic mass is 32.2. The number of anilines is 1. The van der Waals surface area contributed by atoms with Crippen LogP contribution in [0.15, 0.2) is 70.3 Å². The largest absolute Gasteiger partial charge is 0.411 e. The Morgan fingerprint density at radius 3 is 2.40 bits per heavy atom. The molecule has 1 saturated heterocycles. The van der Waals surface area contributed by atoms with E-state index in [1.165, 1.54) is 23.0 Å². The van der Waals surface area contributed by atoms with Crippen molar-refractivity contribution in [3.05, 3.63) is 66.2 Å². The van der Waals surface area contributed by atoms with Gasteiger partial charge in [0.25, 0.3) is 5.22 Å². The Hall–Kier alpha value is -3.10. The molecule has 35 heavy (non-hydrogen) atoms. The van der Waals surface area contributed by atoms with E-state index in [0.29, 0.717) is 16.9 Å². The summed E-state index contributed by atoms with van der Waals surface area (Å²) < 4.78 is 5.80. The second-order valence-electron chi connectivity index (χ2n) is 8.38. The van der Waals surface area contributed by atoms with Crippen molar-refractivity contribution in [2.45, 2.75) is 19.1 Å². The summed E-state index contributed by atoms with van der Waals surface area (Å²) in [7, 11) is 0. The number of carbonyl (C=O) groups excluding carboxylic acids is 1. The van der Waals surface area contributed by atoms with Gasteiger partial charge in [0.2, 0.25) is 11.8 Å². The van der Waals surface area contributed by atoms with Gasteiger partial charge in [0.15, 0.2) is 0 Å². The monoisotopic (exact) mass is 491 g/mol. The lowest BCUT2D eigenvalue weighted by Gasteiger charge is -2.34. The lowest BCUT2D eigenvalue weighted by atomic mass is 10.2. The molecule has 0 bridgehead atoms. The summed E-state index contributed by atoms with van der Waals surface area (Å²) in [6.45, 7) is 10.4. The molecular formula is C27H33N5O2S. The maximum Gasteiger partial charge on any atom is 0.277 e. The number of nitrogens with zero attached hydrogens (tertiary/aromatic N) is 5. The molecule has 8 heteroatoms. The van der Waals surface area contributed by atoms with Gasteiger partial charge in [0.05, 0.1) is 5.75 Å². The van der Waals surface area contributed by atoms with Crippen LogP contribution >= 0.6 is 11.8 Å². The molecule has 1 aliphatic heterocycles. The summed E-state index contributed by atoms with van der Waals surface area (Å²) in [6.07, 6.45) is 4.33. The van der Waals surface area contributed by atoms with E-state index in [4.69, 9.17) is 4.42 Å². The predicted molar refractivity (Wildman–Crippen MR) is 143 cm³/mol. The first-order valence-electron chi connectivity index (χ1n) is 12.2. The Bertz CT molecular complexity index is 1090. The van der Waals surface area contributed by atoms with Crippen LogP contribution in [0.25, 0.3) is 17.5 Å². The van der Waals surface area contributed by atoms with Crippen LogP contribution in [-0.2, 0) is 4.79 Å². The molecule has 1 aromatic heterocycles. The molecule has 0 atom stereocenters. The Morgan fingerprint density at radius 1 is 1.00 bits per heavy atom. The first-order chi connectivity index (χ1) is 17.2. The average Bonchev–Trinajstić information content (AvgIpc) is 3.39. The average molecular weight is 492 g/mol. The molecule has 3 aromatic rings. The molecule has 184 valence electrons. The highest BCUT2D eigenvalue weighted by Crippen LogP contribution is 2.25. The van der Waals surface area contributed by atoms with Crippen molar-refractivity contribution in [1.82, 2.24) is 20.0 Å². The molecule has 0 N–H and O–H groups in total. The molecule has 2 heterocycles. The number of piperazine rings is 1. The Labute approximate surface area is 211 Å². The van der Waals surface area contributed by atoms with Crippen LogP contribution in [0.4, 0.5) is 5.69 Å². The molecular weight excluding hydrogens is 458 g/mol. The minimum Gasteiger partial charge on any atom is -0.411 e. The summed E-state index contributed by atoms with van der Waals surface area (Å²) in [5.74, 6) is 0.886. The fourth-order valence-corrected chi connectivity index (χ4v) is 4.75. The van der Waals surface area contributed by atoms with Crippen molar-refractivity contribution >= 4 is 29.4 Å². The normalized spacial score (nSPS) is 14.5. The molecule has 0 aliphatic carbocycles. The van der Waals surface area contributed by atoms with Crippen LogP contribution < -0.4 is 4.90 Å². The summed E-state index contributed by atoms with van der Waals surface area (Å²) in [6, 6.07) is 18.4. The van der Waals surface area contributed by atoms with Crippen molar-refractivity contribution in [3.8, 4) is 11.5 Å². The SMILES string of the molecule is CCN(CC)c1ccc(-c2nnc(SCC(=O)N3CCN(CC=Cc4ccccc4)CC3)o2)cc1. The van der Waals surface area contributed by atoms with E-state index in [1.54, 1.807) is 0 Å². The minimum absolute atomic E-state index is 0.109. The number of carbonyl (C=O) groups is 1. The molecule has 1 fully saturated rings. The molecule has 7 nitrogen and oxygen atoms in total. The molecule has 0 unspecified atom stereocenters. The van der Waals surface area contributed by atoms with Crippen LogP contribution in [0.3, 0.4) is 0 Å². The number of thioether (sulfide) groups is 1. The number of hydrogen-bond donors (Lipinski definition) is 0. The Kier molecular flexibility index (Phi) is 8.97. The zero-order valence-electron chi connectivity index (χ0n) is 20.5. The minimum atomic E-state index is 0.109. The van der Waals surface area contributed by atoms with Gasteiger partial charge in [-0.3, -0.25) is 9.69 Å². The Morgan fingerprint density at radius 2 is 1.71 bits per heavy atom. The van der Waals surface area contributed by atoms with Crippen molar-refractivity contribution in [3.63, 3.8) is 0 Å². The Balaban J connectivity index is 1.21. The quantitative estimate of drug-likeness (QED) is 0.386. The predicted octanol–water partition coefficient (Wildman–Crippen LogP) is 4.53. The molecule has 0 saturated carbocycles. The van der Waals surface area contributed by atoms with Crippen LogP contribution in [0.2, 0.25) is 0 Å². The van der Waals surface area contributed by atoms with Crippen molar-refractivity contribution in [2.24, 2.45) is 0 Å². The number of amides is 1. The van der Waals surface area contributed by atoms with Crippen LogP contribution in [0.1, 0.15) is 19.4 Å². The highest BCUT2D eigenvalue weighted by molar-refractivity contribution is 7.99. The third-order valence-electron chi connectivity index (χ3n) is 6.17. The smallest absolute Gasteiger partial charge is 0.277 e. The van der Waals surface area contributed by atoms with Gasteiger partial charge in [-0.15, -0.1) is 10.2 Å². The first kappa shape index (κ1) is 25.0. The van der Waals surface area contributed by atoms with Gasteiger partial charge in [-0.1, -0.05) is 54.2 Å². The molecule has 4 rings (SSSR count). The zero-order chi connectivity index (χ0) is 24.5. The van der Waals surface area contributed by atoms with Gasteiger partial charge in [-0.05, 0) is 43.7 Å². The van der Waals surface area contributed by atoms with Crippen molar-refractivity contribution < 1.29 is 9.21 Å². The van der Waals surface area contributed by atoms with Crippen molar-refractivity contribution in [1.29, 1.82) is 0 Å². The van der Waals surface area contributed by atoms with E-state index in [1.807, 2.05) is 35.2 Å². The van der Waals surface area contributed by atoms with E-state index in [9.17, 15) is 4.79 Å². The summed E-state index contributed by atoms with van der Waals surface area (Å²) in [4.78, 5) is 19.3. The second kappa shape index (κ2) is 12.6. The number of rotatable bonds is 10. The maximum atomic E-state index is 12.7. The topological polar surface area (TPSA) is 65.7 Å². The van der Waals surface area contributed by atoms with E-state index < -0.39 is 0 Å². The standard InChI is InChI=1S/C27H33N5O2S/c1-3-31(4-2)24-14-12-23(13-15-24)26-28-29-27(34-26)35-21-25(33)32-19-17-30(18-20-32)16-8-11-22-9-6-5-7-10-22/h5-15H,3-4,16-21H2,1-2H3. The van der Waals surface area contributed by atoms with Crippen LogP contribution in [0.5, 0.6) is 0 Å². The maximum absolute atomic E-state index is 12.7. The third-order valence-corrected chi connectivity index (χ3v) is 6.97. The zero-order valence-corrected chi connectivity index (χ0v) is 21.3. The van der Waals surface area contributed by atoms with Gasteiger partial charge in [0.1, 0.15) is 0 Å². The van der Waals surface area contributed by atoms with Crippen LogP contribution in [0, 0.1) is 0 Å². The number of hydrogen-bond acceptors (Lipinski definition) is 7. The van der Waals surface area contributed by atoms with E-state index >= 15 is 0 Å². The highest BCUT2D eigenvalue weighted by Gasteiger charge is 2.21. The molecule has 0 spiro atoms. The van der Waals surface area contributed by atoms with Crippen molar-refractivity contribution in [2.75, 3.05) is 56.5 Å². The molecule has 0 radical (unpaired) electrons. The molecule has 1 aliphatic rings.